The smallest absolute Gasteiger partial charge is 0.0555 e. The molecule has 10 rings (SSSR count). The van der Waals surface area contributed by atoms with Crippen molar-refractivity contribution in [1.29, 1.82) is 0 Å². The van der Waals surface area contributed by atoms with Crippen LogP contribution in [0, 0.1) is 0 Å². The van der Waals surface area contributed by atoms with Gasteiger partial charge in [0.25, 0.3) is 0 Å². The number of thiophene rings is 1. The van der Waals surface area contributed by atoms with Crippen LogP contribution in [0.1, 0.15) is 0 Å². The van der Waals surface area contributed by atoms with Gasteiger partial charge in [-0.2, -0.15) is 0 Å². The highest BCUT2D eigenvalue weighted by Crippen LogP contribution is 2.50. The van der Waals surface area contributed by atoms with Crippen molar-refractivity contribution >= 4 is 91.7 Å². The number of hydrogen-bond donors (Lipinski definition) is 0. The second kappa shape index (κ2) is 10.8. The number of benzene rings is 9. The Kier molecular flexibility index (Phi) is 6.12. The summed E-state index contributed by atoms with van der Waals surface area (Å²) in [6.45, 7) is 0. The van der Waals surface area contributed by atoms with Crippen LogP contribution in [0.4, 0.5) is 17.1 Å². The summed E-state index contributed by atoms with van der Waals surface area (Å²) in [5.41, 5.74) is 5.89. The van der Waals surface area contributed by atoms with E-state index >= 15 is 0 Å². The maximum atomic E-state index is 2.52. The number of para-hydroxylation sites is 1. The van der Waals surface area contributed by atoms with Crippen molar-refractivity contribution in [1.82, 2.24) is 0 Å². The molecule has 0 unspecified atom stereocenters. The number of rotatable bonds is 4. The Balaban J connectivity index is 1.36. The Morgan fingerprint density at radius 3 is 1.83 bits per heavy atom. The Morgan fingerprint density at radius 1 is 0.333 bits per heavy atom. The molecule has 0 atom stereocenters. The van der Waals surface area contributed by atoms with Crippen molar-refractivity contribution in [2.75, 3.05) is 4.90 Å². The first-order valence-corrected chi connectivity index (χ1v) is 17.3. The monoisotopic (exact) mass is 627 g/mol. The molecular formula is C46H29NS. The average Bonchev–Trinajstić information content (AvgIpc) is 3.54. The zero-order chi connectivity index (χ0) is 31.6. The Bertz CT molecular complexity index is 2850. The van der Waals surface area contributed by atoms with Crippen molar-refractivity contribution in [3.63, 3.8) is 0 Å². The molecule has 1 nitrogen and oxygen atoms in total. The Hall–Kier alpha value is -5.96. The molecule has 1 aromatic heterocycles. The van der Waals surface area contributed by atoms with Crippen LogP contribution in [0.25, 0.3) is 74.4 Å². The van der Waals surface area contributed by atoms with Gasteiger partial charge < -0.3 is 4.90 Å². The lowest BCUT2D eigenvalue weighted by molar-refractivity contribution is 1.32. The van der Waals surface area contributed by atoms with Gasteiger partial charge in [-0.15, -0.1) is 11.3 Å². The third-order valence-electron chi connectivity index (χ3n) is 9.82. The van der Waals surface area contributed by atoms with Gasteiger partial charge in [-0.3, -0.25) is 0 Å². The van der Waals surface area contributed by atoms with E-state index in [1.54, 1.807) is 0 Å². The van der Waals surface area contributed by atoms with E-state index in [0.717, 1.165) is 11.4 Å². The predicted octanol–water partition coefficient (Wildman–Crippen LogP) is 13.8. The van der Waals surface area contributed by atoms with Crippen LogP contribution in [-0.4, -0.2) is 0 Å². The van der Waals surface area contributed by atoms with E-state index in [-0.39, 0.29) is 0 Å². The van der Waals surface area contributed by atoms with Gasteiger partial charge in [0, 0.05) is 36.5 Å². The number of nitrogens with zero attached hydrogens (tertiary/aromatic N) is 1. The topological polar surface area (TPSA) is 3.24 Å². The molecule has 0 fully saturated rings. The molecule has 9 aromatic carbocycles. The molecule has 0 amide bonds. The highest BCUT2D eigenvalue weighted by Gasteiger charge is 2.23. The molecule has 0 N–H and O–H groups in total. The van der Waals surface area contributed by atoms with Crippen LogP contribution in [0.5, 0.6) is 0 Å². The SMILES string of the molecule is c1ccc(-c2ccccc2N(c2cccc3c2ccc2ccc4ccccc4c23)c2cc3sc4ccccc4c3c3ccccc23)cc1. The fourth-order valence-electron chi connectivity index (χ4n) is 7.72. The first-order chi connectivity index (χ1) is 23.8. The zero-order valence-electron chi connectivity index (χ0n) is 26.1. The van der Waals surface area contributed by atoms with E-state index in [1.807, 2.05) is 11.3 Å². The third-order valence-corrected chi connectivity index (χ3v) is 10.9. The van der Waals surface area contributed by atoms with Crippen molar-refractivity contribution < 1.29 is 0 Å². The summed E-state index contributed by atoms with van der Waals surface area (Å²) < 4.78 is 2.61. The van der Waals surface area contributed by atoms with E-state index in [1.165, 1.54) is 80.1 Å². The van der Waals surface area contributed by atoms with Gasteiger partial charge in [0.05, 0.1) is 17.1 Å². The van der Waals surface area contributed by atoms with Crippen molar-refractivity contribution in [3.8, 4) is 11.1 Å². The Labute approximate surface area is 282 Å². The normalized spacial score (nSPS) is 11.8. The highest BCUT2D eigenvalue weighted by molar-refractivity contribution is 7.26. The second-order valence-electron chi connectivity index (χ2n) is 12.5. The summed E-state index contributed by atoms with van der Waals surface area (Å²) in [6.07, 6.45) is 0. The van der Waals surface area contributed by atoms with E-state index in [4.69, 9.17) is 0 Å². The minimum Gasteiger partial charge on any atom is -0.309 e. The van der Waals surface area contributed by atoms with Crippen molar-refractivity contribution in [2.45, 2.75) is 0 Å². The molecule has 10 aromatic rings. The molecule has 0 aliphatic heterocycles. The van der Waals surface area contributed by atoms with Crippen LogP contribution in [0.3, 0.4) is 0 Å². The largest absolute Gasteiger partial charge is 0.309 e. The number of anilines is 3. The van der Waals surface area contributed by atoms with Gasteiger partial charge in [-0.25, -0.2) is 0 Å². The molecule has 0 saturated heterocycles. The van der Waals surface area contributed by atoms with Gasteiger partial charge in [0.15, 0.2) is 0 Å². The molecule has 2 heteroatoms. The van der Waals surface area contributed by atoms with Crippen LogP contribution >= 0.6 is 11.3 Å². The first-order valence-electron chi connectivity index (χ1n) is 16.4. The summed E-state index contributed by atoms with van der Waals surface area (Å²) in [4.78, 5) is 2.52. The first kappa shape index (κ1) is 27.2. The van der Waals surface area contributed by atoms with E-state index in [0.29, 0.717) is 0 Å². The molecular weight excluding hydrogens is 599 g/mol. The molecule has 1 heterocycles. The number of hydrogen-bond acceptors (Lipinski definition) is 2. The lowest BCUT2D eigenvalue weighted by atomic mass is 9.94. The van der Waals surface area contributed by atoms with Gasteiger partial charge in [-0.05, 0) is 62.1 Å². The maximum absolute atomic E-state index is 2.52. The summed E-state index contributed by atoms with van der Waals surface area (Å²) in [6, 6.07) is 64.5. The quantitative estimate of drug-likeness (QED) is 0.176. The second-order valence-corrected chi connectivity index (χ2v) is 13.5. The van der Waals surface area contributed by atoms with Crippen molar-refractivity contribution in [2.24, 2.45) is 0 Å². The van der Waals surface area contributed by atoms with Gasteiger partial charge in [-0.1, -0.05) is 152 Å². The van der Waals surface area contributed by atoms with E-state index in [2.05, 4.69) is 181 Å². The van der Waals surface area contributed by atoms with Crippen LogP contribution in [0.15, 0.2) is 176 Å². The van der Waals surface area contributed by atoms with Gasteiger partial charge >= 0.3 is 0 Å². The van der Waals surface area contributed by atoms with Gasteiger partial charge in [0.1, 0.15) is 0 Å². The van der Waals surface area contributed by atoms with Crippen molar-refractivity contribution in [3.05, 3.63) is 176 Å². The highest BCUT2D eigenvalue weighted by atomic mass is 32.1. The molecule has 0 saturated carbocycles. The molecule has 0 radical (unpaired) electrons. The minimum atomic E-state index is 1.15. The van der Waals surface area contributed by atoms with Crippen LogP contribution in [-0.2, 0) is 0 Å². The zero-order valence-corrected chi connectivity index (χ0v) is 26.9. The summed E-state index contributed by atoms with van der Waals surface area (Å²) >= 11 is 1.88. The molecule has 48 heavy (non-hydrogen) atoms. The van der Waals surface area contributed by atoms with Crippen LogP contribution in [0.2, 0.25) is 0 Å². The molecule has 0 aliphatic carbocycles. The number of fused-ring (bicyclic) bond motifs is 10. The molecule has 0 spiro atoms. The van der Waals surface area contributed by atoms with E-state index in [9.17, 15) is 0 Å². The summed E-state index contributed by atoms with van der Waals surface area (Å²) in [7, 11) is 0. The average molecular weight is 628 g/mol. The lowest BCUT2D eigenvalue weighted by Gasteiger charge is -2.30. The maximum Gasteiger partial charge on any atom is 0.0555 e. The minimum absolute atomic E-state index is 1.15. The van der Waals surface area contributed by atoms with Gasteiger partial charge in [0.2, 0.25) is 0 Å². The summed E-state index contributed by atoms with van der Waals surface area (Å²) in [5.74, 6) is 0. The fourth-order valence-corrected chi connectivity index (χ4v) is 8.87. The van der Waals surface area contributed by atoms with E-state index < -0.39 is 0 Å². The van der Waals surface area contributed by atoms with Crippen LogP contribution < -0.4 is 4.90 Å². The molecule has 224 valence electrons. The Morgan fingerprint density at radius 2 is 0.938 bits per heavy atom. The lowest BCUT2D eigenvalue weighted by Crippen LogP contribution is -2.12. The molecule has 0 aliphatic rings. The third kappa shape index (κ3) is 4.10. The predicted molar refractivity (Wildman–Crippen MR) is 209 cm³/mol. The molecule has 0 bridgehead atoms. The fraction of sp³-hybridized carbons (Fsp3) is 0. The standard InChI is InChI=1S/C46H29NS/c1-2-13-30(14-3-1)33-16-8-10-22-40(33)47(42-29-44-46(38-19-7-6-18-35(38)42)39-20-9-11-24-43(39)48-44)41-23-12-21-37-36(41)28-27-32-26-25-31-15-4-5-17-34(31)45(32)37/h1-29H. The summed E-state index contributed by atoms with van der Waals surface area (Å²) in [5, 5.41) is 12.8.